The Morgan fingerprint density at radius 1 is 1.24 bits per heavy atom. The molecule has 1 aliphatic rings. The summed E-state index contributed by atoms with van der Waals surface area (Å²) in [6.07, 6.45) is 2.65. The Balaban J connectivity index is 0.00000420. The summed E-state index contributed by atoms with van der Waals surface area (Å²) in [4.78, 5) is 30.1. The molecule has 29 heavy (non-hydrogen) atoms. The molecule has 0 unspecified atom stereocenters. The summed E-state index contributed by atoms with van der Waals surface area (Å²) in [6.45, 7) is 6.20. The highest BCUT2D eigenvalue weighted by molar-refractivity contribution is 14.0. The van der Waals surface area contributed by atoms with Crippen molar-refractivity contribution in [1.82, 2.24) is 20.9 Å². The Labute approximate surface area is 191 Å². The Bertz CT molecular complexity index is 700. The first-order valence-corrected chi connectivity index (χ1v) is 10.0. The van der Waals surface area contributed by atoms with E-state index in [4.69, 9.17) is 0 Å². The topological polar surface area (TPSA) is 85.8 Å². The third-order valence-corrected chi connectivity index (χ3v) is 4.99. The third-order valence-electron chi connectivity index (χ3n) is 4.99. The number of carbonyl (C=O) groups excluding carboxylic acids is 2. The summed E-state index contributed by atoms with van der Waals surface area (Å²) in [5, 5.41) is 9.44. The van der Waals surface area contributed by atoms with Crippen LogP contribution < -0.4 is 16.0 Å². The number of hydrogen-bond donors (Lipinski definition) is 3. The van der Waals surface area contributed by atoms with Gasteiger partial charge in [-0.2, -0.15) is 0 Å². The first kappa shape index (κ1) is 25.2. The molecule has 0 aromatic heterocycles. The molecule has 1 aromatic rings. The number of piperidine rings is 1. The van der Waals surface area contributed by atoms with E-state index >= 15 is 0 Å². The van der Waals surface area contributed by atoms with E-state index in [9.17, 15) is 9.59 Å². The van der Waals surface area contributed by atoms with Crippen molar-refractivity contribution in [2.45, 2.75) is 39.2 Å². The lowest BCUT2D eigenvalue weighted by atomic mass is 10.0. The van der Waals surface area contributed by atoms with Crippen LogP contribution in [0.1, 0.15) is 42.6 Å². The molecule has 1 aliphatic heterocycles. The largest absolute Gasteiger partial charge is 0.356 e. The fourth-order valence-corrected chi connectivity index (χ4v) is 3.33. The molecule has 1 fully saturated rings. The molecule has 1 heterocycles. The van der Waals surface area contributed by atoms with E-state index in [1.807, 2.05) is 43.0 Å². The first-order chi connectivity index (χ1) is 13.4. The first-order valence-electron chi connectivity index (χ1n) is 10.0. The van der Waals surface area contributed by atoms with Gasteiger partial charge >= 0.3 is 0 Å². The maximum Gasteiger partial charge on any atom is 0.251 e. The predicted octanol–water partition coefficient (Wildman–Crippen LogP) is 2.02. The molecule has 0 aliphatic carbocycles. The zero-order valence-corrected chi connectivity index (χ0v) is 20.2. The Kier molecular flexibility index (Phi) is 11.0. The zero-order chi connectivity index (χ0) is 20.5. The summed E-state index contributed by atoms with van der Waals surface area (Å²) >= 11 is 0. The fraction of sp³-hybridized carbons (Fsp3) is 0.571. The minimum atomic E-state index is -0.0745. The van der Waals surface area contributed by atoms with E-state index in [0.29, 0.717) is 11.6 Å². The summed E-state index contributed by atoms with van der Waals surface area (Å²) in [6, 6.07) is 7.97. The third kappa shape index (κ3) is 7.83. The normalized spacial score (nSPS) is 14.9. The molecular weight excluding hydrogens is 481 g/mol. The minimum Gasteiger partial charge on any atom is -0.356 e. The molecule has 7 nitrogen and oxygen atoms in total. The predicted molar refractivity (Wildman–Crippen MR) is 128 cm³/mol. The van der Waals surface area contributed by atoms with Crippen LogP contribution in [0.5, 0.6) is 0 Å². The quantitative estimate of drug-likeness (QED) is 0.308. The molecule has 0 spiro atoms. The van der Waals surface area contributed by atoms with Gasteiger partial charge in [0.15, 0.2) is 5.96 Å². The van der Waals surface area contributed by atoms with Crippen molar-refractivity contribution in [3.63, 3.8) is 0 Å². The summed E-state index contributed by atoms with van der Waals surface area (Å²) in [5.41, 5.74) is 1.77. The number of amides is 2. The van der Waals surface area contributed by atoms with Gasteiger partial charge in [0.25, 0.3) is 5.91 Å². The molecule has 0 bridgehead atoms. The zero-order valence-electron chi connectivity index (χ0n) is 17.8. The second kappa shape index (κ2) is 12.7. The number of aliphatic imine (C=N–C) groups is 1. The Hall–Kier alpha value is -1.84. The highest BCUT2D eigenvalue weighted by Crippen LogP contribution is 2.13. The lowest BCUT2D eigenvalue weighted by molar-refractivity contribution is -0.135. The van der Waals surface area contributed by atoms with Crippen LogP contribution in [0.15, 0.2) is 29.3 Å². The molecule has 0 atom stereocenters. The van der Waals surface area contributed by atoms with E-state index in [1.54, 1.807) is 14.1 Å². The molecule has 1 aromatic carbocycles. The van der Waals surface area contributed by atoms with Crippen molar-refractivity contribution >= 4 is 41.8 Å². The van der Waals surface area contributed by atoms with Crippen molar-refractivity contribution in [3.05, 3.63) is 35.4 Å². The molecule has 0 saturated carbocycles. The van der Waals surface area contributed by atoms with Gasteiger partial charge in [-0.25, -0.2) is 0 Å². The minimum absolute atomic E-state index is 0. The summed E-state index contributed by atoms with van der Waals surface area (Å²) in [7, 11) is 3.40. The molecule has 162 valence electrons. The Morgan fingerprint density at radius 2 is 1.93 bits per heavy atom. The number of guanidine groups is 1. The van der Waals surface area contributed by atoms with E-state index in [0.717, 1.165) is 50.4 Å². The van der Waals surface area contributed by atoms with Crippen LogP contribution in [0.3, 0.4) is 0 Å². The number of halogens is 1. The highest BCUT2D eigenvalue weighted by Gasteiger charge is 2.24. The van der Waals surface area contributed by atoms with Crippen LogP contribution in [0.25, 0.3) is 0 Å². The number of likely N-dealkylation sites (tertiary alicyclic amines) is 1. The van der Waals surface area contributed by atoms with Gasteiger partial charge in [0, 0.05) is 51.3 Å². The molecule has 2 amide bonds. The second-order valence-electron chi connectivity index (χ2n) is 7.43. The van der Waals surface area contributed by atoms with Crippen molar-refractivity contribution in [1.29, 1.82) is 0 Å². The standard InChI is InChI=1S/C21H33N5O2.HI/c1-15(2)20(28)26-12-9-18(10-13-26)25-21(23-4)24-11-8-16-6-5-7-17(14-16)19(27)22-3;/h5-7,14-15,18H,8-13H2,1-4H3,(H,22,27)(H2,23,24,25);1H. The lowest BCUT2D eigenvalue weighted by Gasteiger charge is -2.34. The molecular formula is C21H34IN5O2. The maximum atomic E-state index is 12.1. The number of hydrogen-bond acceptors (Lipinski definition) is 3. The average molecular weight is 515 g/mol. The van der Waals surface area contributed by atoms with Gasteiger partial charge in [-0.3, -0.25) is 14.6 Å². The van der Waals surface area contributed by atoms with Crippen molar-refractivity contribution in [2.24, 2.45) is 10.9 Å². The van der Waals surface area contributed by atoms with E-state index < -0.39 is 0 Å². The van der Waals surface area contributed by atoms with Crippen LogP contribution in [-0.2, 0) is 11.2 Å². The number of rotatable bonds is 6. The Morgan fingerprint density at radius 3 is 2.52 bits per heavy atom. The lowest BCUT2D eigenvalue weighted by Crippen LogP contribution is -2.50. The van der Waals surface area contributed by atoms with E-state index in [2.05, 4.69) is 20.9 Å². The molecule has 8 heteroatoms. The molecule has 2 rings (SSSR count). The highest BCUT2D eigenvalue weighted by atomic mass is 127. The van der Waals surface area contributed by atoms with E-state index in [-0.39, 0.29) is 41.7 Å². The molecule has 1 saturated heterocycles. The van der Waals surface area contributed by atoms with Gasteiger partial charge in [-0.15, -0.1) is 24.0 Å². The summed E-state index contributed by atoms with van der Waals surface area (Å²) in [5.74, 6) is 0.992. The number of benzene rings is 1. The number of nitrogens with zero attached hydrogens (tertiary/aromatic N) is 2. The van der Waals surface area contributed by atoms with Gasteiger partial charge < -0.3 is 20.9 Å². The van der Waals surface area contributed by atoms with Crippen LogP contribution in [0.2, 0.25) is 0 Å². The van der Waals surface area contributed by atoms with Crippen LogP contribution >= 0.6 is 24.0 Å². The number of nitrogens with one attached hydrogen (secondary N) is 3. The van der Waals surface area contributed by atoms with Crippen molar-refractivity contribution < 1.29 is 9.59 Å². The summed E-state index contributed by atoms with van der Waals surface area (Å²) < 4.78 is 0. The number of carbonyl (C=O) groups is 2. The smallest absolute Gasteiger partial charge is 0.251 e. The van der Waals surface area contributed by atoms with Gasteiger partial charge in [-0.1, -0.05) is 26.0 Å². The van der Waals surface area contributed by atoms with Crippen molar-refractivity contribution in [2.75, 3.05) is 33.7 Å². The van der Waals surface area contributed by atoms with Gasteiger partial charge in [0.1, 0.15) is 0 Å². The molecule has 3 N–H and O–H groups in total. The van der Waals surface area contributed by atoms with Crippen molar-refractivity contribution in [3.8, 4) is 0 Å². The average Bonchev–Trinajstić information content (AvgIpc) is 2.72. The van der Waals surface area contributed by atoms with Crippen LogP contribution in [0.4, 0.5) is 0 Å². The fourth-order valence-electron chi connectivity index (χ4n) is 3.33. The van der Waals surface area contributed by atoms with Gasteiger partial charge in [-0.05, 0) is 37.0 Å². The van der Waals surface area contributed by atoms with Gasteiger partial charge in [0.05, 0.1) is 0 Å². The maximum absolute atomic E-state index is 12.1. The van der Waals surface area contributed by atoms with Crippen LogP contribution in [0, 0.1) is 5.92 Å². The van der Waals surface area contributed by atoms with Gasteiger partial charge in [0.2, 0.25) is 5.91 Å². The molecule has 0 radical (unpaired) electrons. The van der Waals surface area contributed by atoms with Crippen LogP contribution in [-0.4, -0.2) is 62.4 Å². The SMILES string of the molecule is CN=C(NCCc1cccc(C(=O)NC)c1)NC1CCN(C(=O)C(C)C)CC1.I. The second-order valence-corrected chi connectivity index (χ2v) is 7.43. The van der Waals surface area contributed by atoms with E-state index in [1.165, 1.54) is 0 Å². The monoisotopic (exact) mass is 515 g/mol.